The summed E-state index contributed by atoms with van der Waals surface area (Å²) in [6, 6.07) is 8.62. The van der Waals surface area contributed by atoms with Crippen LogP contribution in [0.4, 0.5) is 10.9 Å². The molecular formula is C25H37N7O2S. The summed E-state index contributed by atoms with van der Waals surface area (Å²) < 4.78 is 6.94. The number of hydrogen-bond donors (Lipinski definition) is 2. The van der Waals surface area contributed by atoms with E-state index in [2.05, 4.69) is 72.4 Å². The van der Waals surface area contributed by atoms with Crippen molar-refractivity contribution in [2.24, 2.45) is 0 Å². The summed E-state index contributed by atoms with van der Waals surface area (Å²) in [6.45, 7) is 13.4. The Morgan fingerprint density at radius 3 is 2.49 bits per heavy atom. The monoisotopic (exact) mass is 499 g/mol. The molecule has 3 aromatic rings. The number of ether oxygens (including phenoxy) is 1. The molecule has 0 aliphatic carbocycles. The number of rotatable bonds is 9. The van der Waals surface area contributed by atoms with Crippen molar-refractivity contribution in [2.45, 2.75) is 39.7 Å². The van der Waals surface area contributed by atoms with Crippen molar-refractivity contribution in [2.75, 3.05) is 63.2 Å². The lowest BCUT2D eigenvalue weighted by molar-refractivity contribution is -0.122. The average molecular weight is 500 g/mol. The topological polar surface area (TPSA) is 87.0 Å². The van der Waals surface area contributed by atoms with Gasteiger partial charge in [-0.15, -0.1) is 5.10 Å². The van der Waals surface area contributed by atoms with Crippen LogP contribution in [-0.4, -0.2) is 83.9 Å². The fourth-order valence-corrected chi connectivity index (χ4v) is 5.03. The van der Waals surface area contributed by atoms with Gasteiger partial charge in [0.15, 0.2) is 5.82 Å². The number of anilines is 2. The fourth-order valence-electron chi connectivity index (χ4n) is 4.08. The van der Waals surface area contributed by atoms with E-state index in [1.807, 2.05) is 4.52 Å². The molecule has 0 bridgehead atoms. The van der Waals surface area contributed by atoms with Crippen LogP contribution in [0.1, 0.15) is 33.3 Å². The molecule has 1 fully saturated rings. The number of aromatic nitrogens is 3. The highest BCUT2D eigenvalue weighted by Gasteiger charge is 2.25. The second-order valence-electron chi connectivity index (χ2n) is 9.92. The van der Waals surface area contributed by atoms with Crippen LogP contribution in [0, 0.1) is 0 Å². The maximum absolute atomic E-state index is 12.1. The Labute approximate surface area is 211 Å². The minimum absolute atomic E-state index is 0.0422. The molecule has 0 unspecified atom stereocenters. The lowest BCUT2D eigenvalue weighted by atomic mass is 10.1. The number of nitrogens with zero attached hydrogens (tertiary/aromatic N) is 5. The van der Waals surface area contributed by atoms with E-state index in [0.717, 1.165) is 59.8 Å². The molecule has 1 aliphatic heterocycles. The number of imidazole rings is 1. The number of benzene rings is 1. The Kier molecular flexibility index (Phi) is 7.93. The second-order valence-corrected chi connectivity index (χ2v) is 10.9. The maximum atomic E-state index is 12.1. The van der Waals surface area contributed by atoms with Crippen molar-refractivity contribution in [3.63, 3.8) is 0 Å². The molecule has 0 radical (unpaired) electrons. The minimum atomic E-state index is -0.132. The van der Waals surface area contributed by atoms with Crippen LogP contribution in [0.25, 0.3) is 16.2 Å². The number of piperazine rings is 1. The fraction of sp³-hybridized carbons (Fsp3) is 0.560. The van der Waals surface area contributed by atoms with Crippen molar-refractivity contribution in [3.05, 3.63) is 29.8 Å². The lowest BCUT2D eigenvalue weighted by Gasteiger charge is -2.33. The average Bonchev–Trinajstić information content (AvgIpc) is 3.38. The quantitative estimate of drug-likeness (QED) is 0.438. The van der Waals surface area contributed by atoms with Gasteiger partial charge in [-0.25, -0.2) is 4.98 Å². The molecule has 1 saturated heterocycles. The molecule has 0 spiro atoms. The van der Waals surface area contributed by atoms with E-state index in [4.69, 9.17) is 14.8 Å². The summed E-state index contributed by atoms with van der Waals surface area (Å²) in [5.74, 6) is 0.964. The highest BCUT2D eigenvalue weighted by molar-refractivity contribution is 7.20. The van der Waals surface area contributed by atoms with Crippen LogP contribution in [0.2, 0.25) is 0 Å². The van der Waals surface area contributed by atoms with Crippen molar-refractivity contribution in [3.8, 4) is 11.3 Å². The Morgan fingerprint density at radius 1 is 1.14 bits per heavy atom. The van der Waals surface area contributed by atoms with Crippen LogP contribution in [-0.2, 0) is 16.0 Å². The first-order valence-electron chi connectivity index (χ1n) is 12.3. The zero-order valence-electron chi connectivity index (χ0n) is 21.4. The summed E-state index contributed by atoms with van der Waals surface area (Å²) in [5.41, 5.74) is 3.20. The van der Waals surface area contributed by atoms with Gasteiger partial charge in [0.25, 0.3) is 0 Å². The summed E-state index contributed by atoms with van der Waals surface area (Å²) in [5, 5.41) is 12.4. The molecule has 0 atom stereocenters. The van der Waals surface area contributed by atoms with Gasteiger partial charge in [-0.1, -0.05) is 42.5 Å². The molecule has 1 amide bonds. The largest absolute Gasteiger partial charge is 0.383 e. The van der Waals surface area contributed by atoms with E-state index in [1.54, 1.807) is 18.4 Å². The zero-order valence-corrected chi connectivity index (χ0v) is 22.2. The molecule has 2 N–H and O–H groups in total. The molecule has 1 aliphatic rings. The van der Waals surface area contributed by atoms with Crippen molar-refractivity contribution >= 4 is 33.2 Å². The molecule has 3 heterocycles. The SMILES string of the molecule is CCc1ccc(-c2nc3sc(N4CCN(CC(=O)NCCOC)CC4)nn3c2NC(C)(C)C)cc1. The molecule has 35 heavy (non-hydrogen) atoms. The van der Waals surface area contributed by atoms with Gasteiger partial charge in [0.2, 0.25) is 16.0 Å². The van der Waals surface area contributed by atoms with Gasteiger partial charge in [-0.2, -0.15) is 4.52 Å². The first kappa shape index (κ1) is 25.4. The van der Waals surface area contributed by atoms with Crippen molar-refractivity contribution < 1.29 is 9.53 Å². The Bertz CT molecular complexity index is 1130. The number of nitrogens with one attached hydrogen (secondary N) is 2. The number of hydrogen-bond acceptors (Lipinski definition) is 8. The molecule has 2 aromatic heterocycles. The Balaban J connectivity index is 1.49. The first-order chi connectivity index (χ1) is 16.8. The van der Waals surface area contributed by atoms with Crippen molar-refractivity contribution in [1.29, 1.82) is 0 Å². The van der Waals surface area contributed by atoms with Crippen LogP contribution in [0.5, 0.6) is 0 Å². The lowest BCUT2D eigenvalue weighted by Crippen LogP contribution is -2.49. The number of amides is 1. The molecule has 190 valence electrons. The van der Waals surface area contributed by atoms with Gasteiger partial charge in [0, 0.05) is 50.9 Å². The summed E-state index contributed by atoms with van der Waals surface area (Å²) >= 11 is 1.61. The normalized spacial score (nSPS) is 15.1. The van der Waals surface area contributed by atoms with Gasteiger partial charge in [-0.05, 0) is 32.8 Å². The van der Waals surface area contributed by atoms with Gasteiger partial charge >= 0.3 is 0 Å². The number of methoxy groups -OCH3 is 1. The van der Waals surface area contributed by atoms with Gasteiger partial charge in [-0.3, -0.25) is 9.69 Å². The minimum Gasteiger partial charge on any atom is -0.383 e. The number of fused-ring (bicyclic) bond motifs is 1. The van der Waals surface area contributed by atoms with E-state index in [-0.39, 0.29) is 11.4 Å². The van der Waals surface area contributed by atoms with Gasteiger partial charge in [0.1, 0.15) is 5.69 Å². The Hall–Kier alpha value is -2.69. The number of carbonyl (C=O) groups excluding carboxylic acids is 1. The molecule has 0 saturated carbocycles. The smallest absolute Gasteiger partial charge is 0.234 e. The summed E-state index contributed by atoms with van der Waals surface area (Å²) in [6.07, 6.45) is 1.02. The standard InChI is InChI=1S/C25H37N7O2S/c1-6-18-7-9-19(10-8-18)21-22(28-25(2,3)4)32-23(27-21)35-24(29-32)31-14-12-30(13-15-31)17-20(33)26-11-16-34-5/h7-10,28H,6,11-17H2,1-5H3,(H,26,33). The van der Waals surface area contributed by atoms with E-state index in [9.17, 15) is 4.79 Å². The second kappa shape index (κ2) is 10.9. The highest BCUT2D eigenvalue weighted by Crippen LogP contribution is 2.35. The van der Waals surface area contributed by atoms with Crippen LogP contribution in [0.15, 0.2) is 24.3 Å². The van der Waals surface area contributed by atoms with E-state index >= 15 is 0 Å². The zero-order chi connectivity index (χ0) is 25.0. The predicted octanol–water partition coefficient (Wildman–Crippen LogP) is 3.12. The summed E-state index contributed by atoms with van der Waals surface area (Å²) in [7, 11) is 1.63. The third kappa shape index (κ3) is 6.31. The van der Waals surface area contributed by atoms with Crippen LogP contribution >= 0.6 is 11.3 Å². The molecule has 9 nitrogen and oxygen atoms in total. The number of carbonyl (C=O) groups is 1. The Morgan fingerprint density at radius 2 is 1.86 bits per heavy atom. The maximum Gasteiger partial charge on any atom is 0.234 e. The predicted molar refractivity (Wildman–Crippen MR) is 143 cm³/mol. The van der Waals surface area contributed by atoms with Gasteiger partial charge in [0.05, 0.1) is 13.2 Å². The van der Waals surface area contributed by atoms with E-state index in [0.29, 0.717) is 19.7 Å². The summed E-state index contributed by atoms with van der Waals surface area (Å²) in [4.78, 5) is 22.4. The van der Waals surface area contributed by atoms with Crippen LogP contribution in [0.3, 0.4) is 0 Å². The van der Waals surface area contributed by atoms with E-state index in [1.165, 1.54) is 5.56 Å². The van der Waals surface area contributed by atoms with Gasteiger partial charge < -0.3 is 20.3 Å². The highest BCUT2D eigenvalue weighted by atomic mass is 32.1. The first-order valence-corrected chi connectivity index (χ1v) is 13.1. The molecule has 1 aromatic carbocycles. The number of aryl methyl sites for hydroxylation is 1. The van der Waals surface area contributed by atoms with E-state index < -0.39 is 0 Å². The molecular weight excluding hydrogens is 462 g/mol. The third-order valence-corrected chi connectivity index (χ3v) is 6.93. The molecule has 10 heteroatoms. The third-order valence-electron chi connectivity index (χ3n) is 5.96. The van der Waals surface area contributed by atoms with Crippen molar-refractivity contribution in [1.82, 2.24) is 24.8 Å². The van der Waals surface area contributed by atoms with Crippen LogP contribution < -0.4 is 15.5 Å². The molecule has 4 rings (SSSR count).